The van der Waals surface area contributed by atoms with Crippen molar-refractivity contribution in [2.45, 2.75) is 26.4 Å². The first-order valence-corrected chi connectivity index (χ1v) is 4.89. The van der Waals surface area contributed by atoms with Gasteiger partial charge in [-0.3, -0.25) is 0 Å². The van der Waals surface area contributed by atoms with Crippen molar-refractivity contribution >= 4 is 0 Å². The fourth-order valence-corrected chi connectivity index (χ4v) is 1.22. The summed E-state index contributed by atoms with van der Waals surface area (Å²) in [6.45, 7) is 3.72. The molecule has 0 aliphatic rings. The molecule has 0 amide bonds. The van der Waals surface area contributed by atoms with Crippen LogP contribution in [0.2, 0.25) is 0 Å². The van der Waals surface area contributed by atoms with Crippen LogP contribution in [0.25, 0.3) is 0 Å². The van der Waals surface area contributed by atoms with Gasteiger partial charge in [-0.05, 0) is 12.0 Å². The fourth-order valence-electron chi connectivity index (χ4n) is 1.22. The number of aliphatic hydroxyl groups excluding tert-OH is 2. The highest BCUT2D eigenvalue weighted by Crippen LogP contribution is 2.22. The highest BCUT2D eigenvalue weighted by molar-refractivity contribution is 5.15. The van der Waals surface area contributed by atoms with Gasteiger partial charge in [-0.2, -0.15) is 0 Å². The van der Waals surface area contributed by atoms with Crippen molar-refractivity contribution in [2.75, 3.05) is 6.61 Å². The lowest BCUT2D eigenvalue weighted by Crippen LogP contribution is -2.34. The summed E-state index contributed by atoms with van der Waals surface area (Å²) in [4.78, 5) is 0. The summed E-state index contributed by atoms with van der Waals surface area (Å²) < 4.78 is 0. The molecule has 78 valence electrons. The minimum atomic E-state index is -0.505. The topological polar surface area (TPSA) is 40.5 Å². The molecule has 0 saturated carbocycles. The Labute approximate surface area is 85.2 Å². The summed E-state index contributed by atoms with van der Waals surface area (Å²) in [5.41, 5.74) is 0.664. The molecule has 2 N–H and O–H groups in total. The number of aliphatic hydroxyl groups is 2. The van der Waals surface area contributed by atoms with Crippen LogP contribution in [-0.2, 0) is 6.42 Å². The minimum Gasteiger partial charge on any atom is -0.396 e. The van der Waals surface area contributed by atoms with Crippen LogP contribution < -0.4 is 0 Å². The third kappa shape index (κ3) is 2.82. The molecular weight excluding hydrogens is 176 g/mol. The van der Waals surface area contributed by atoms with Crippen LogP contribution >= 0.6 is 0 Å². The second-order valence-electron chi connectivity index (χ2n) is 4.35. The van der Waals surface area contributed by atoms with Crippen molar-refractivity contribution in [2.24, 2.45) is 5.41 Å². The van der Waals surface area contributed by atoms with Crippen molar-refractivity contribution in [1.29, 1.82) is 0 Å². The van der Waals surface area contributed by atoms with Gasteiger partial charge in [0.15, 0.2) is 0 Å². The molecule has 1 aromatic rings. The van der Waals surface area contributed by atoms with Gasteiger partial charge in [-0.1, -0.05) is 44.2 Å². The van der Waals surface area contributed by atoms with E-state index < -0.39 is 11.5 Å². The molecule has 0 saturated heterocycles. The zero-order chi connectivity index (χ0) is 10.6. The van der Waals surface area contributed by atoms with Crippen LogP contribution in [0.5, 0.6) is 0 Å². The Kier molecular flexibility index (Phi) is 3.67. The number of hydrogen-bond acceptors (Lipinski definition) is 2. The summed E-state index contributed by atoms with van der Waals surface area (Å²) in [5.74, 6) is 0. The molecule has 1 rings (SSSR count). The molecule has 1 atom stereocenters. The first kappa shape index (κ1) is 11.2. The first-order chi connectivity index (χ1) is 6.56. The molecule has 1 unspecified atom stereocenters. The van der Waals surface area contributed by atoms with Crippen molar-refractivity contribution in [3.05, 3.63) is 35.9 Å². The van der Waals surface area contributed by atoms with E-state index in [9.17, 15) is 5.11 Å². The van der Waals surface area contributed by atoms with Crippen LogP contribution in [0.1, 0.15) is 19.4 Å². The zero-order valence-electron chi connectivity index (χ0n) is 8.77. The number of rotatable bonds is 4. The standard InChI is InChI=1S/C12H18O2/c1-12(2,9-13)11(14)8-10-6-4-3-5-7-10/h3-7,11,13-14H,8-9H2,1-2H3. The van der Waals surface area contributed by atoms with Crippen LogP contribution in [0.3, 0.4) is 0 Å². The molecule has 0 heterocycles. The SMILES string of the molecule is CC(C)(CO)C(O)Cc1ccccc1. The van der Waals surface area contributed by atoms with E-state index in [2.05, 4.69) is 0 Å². The predicted octanol–water partition coefficient (Wildman–Crippen LogP) is 1.61. The molecule has 0 spiro atoms. The summed E-state index contributed by atoms with van der Waals surface area (Å²) in [6.07, 6.45) is 0.0869. The van der Waals surface area contributed by atoms with E-state index in [0.29, 0.717) is 6.42 Å². The lowest BCUT2D eigenvalue weighted by atomic mass is 9.84. The highest BCUT2D eigenvalue weighted by atomic mass is 16.3. The van der Waals surface area contributed by atoms with Gasteiger partial charge in [0.1, 0.15) is 0 Å². The fraction of sp³-hybridized carbons (Fsp3) is 0.500. The van der Waals surface area contributed by atoms with Gasteiger partial charge < -0.3 is 10.2 Å². The van der Waals surface area contributed by atoms with Crippen LogP contribution in [0.15, 0.2) is 30.3 Å². The Hall–Kier alpha value is -0.860. The summed E-state index contributed by atoms with van der Waals surface area (Å²) in [7, 11) is 0. The van der Waals surface area contributed by atoms with E-state index in [1.807, 2.05) is 44.2 Å². The highest BCUT2D eigenvalue weighted by Gasteiger charge is 2.26. The van der Waals surface area contributed by atoms with Crippen LogP contribution in [-0.4, -0.2) is 22.9 Å². The quantitative estimate of drug-likeness (QED) is 0.764. The van der Waals surface area contributed by atoms with Gasteiger partial charge in [-0.25, -0.2) is 0 Å². The van der Waals surface area contributed by atoms with Gasteiger partial charge >= 0.3 is 0 Å². The molecule has 0 aliphatic carbocycles. The van der Waals surface area contributed by atoms with Crippen LogP contribution in [0, 0.1) is 5.41 Å². The Bertz CT molecular complexity index is 267. The van der Waals surface area contributed by atoms with Gasteiger partial charge in [0.2, 0.25) is 0 Å². The van der Waals surface area contributed by atoms with Crippen molar-refractivity contribution in [1.82, 2.24) is 0 Å². The average molecular weight is 194 g/mol. The summed E-state index contributed by atoms with van der Waals surface area (Å²) in [5, 5.41) is 19.0. The maximum atomic E-state index is 9.87. The Balaban J connectivity index is 2.62. The van der Waals surface area contributed by atoms with E-state index in [-0.39, 0.29) is 6.61 Å². The molecular formula is C12H18O2. The second kappa shape index (κ2) is 4.58. The lowest BCUT2D eigenvalue weighted by molar-refractivity contribution is 0.00846. The minimum absolute atomic E-state index is 0.000992. The van der Waals surface area contributed by atoms with Gasteiger partial charge in [0, 0.05) is 5.41 Å². The maximum absolute atomic E-state index is 9.87. The third-order valence-electron chi connectivity index (χ3n) is 2.58. The first-order valence-electron chi connectivity index (χ1n) is 4.89. The number of benzene rings is 1. The van der Waals surface area contributed by atoms with Gasteiger partial charge in [-0.15, -0.1) is 0 Å². The lowest BCUT2D eigenvalue weighted by Gasteiger charge is -2.28. The third-order valence-corrected chi connectivity index (χ3v) is 2.58. The molecule has 2 nitrogen and oxygen atoms in total. The summed E-state index contributed by atoms with van der Waals surface area (Å²) in [6, 6.07) is 9.82. The molecule has 0 aliphatic heterocycles. The molecule has 2 heteroatoms. The van der Waals surface area contributed by atoms with Crippen molar-refractivity contribution in [3.63, 3.8) is 0 Å². The molecule has 1 aromatic carbocycles. The average Bonchev–Trinajstić information content (AvgIpc) is 2.19. The Morgan fingerprint density at radius 3 is 2.29 bits per heavy atom. The van der Waals surface area contributed by atoms with Gasteiger partial charge in [0.25, 0.3) is 0 Å². The van der Waals surface area contributed by atoms with E-state index in [1.54, 1.807) is 0 Å². The predicted molar refractivity (Wildman–Crippen MR) is 57.0 cm³/mol. The molecule has 0 aromatic heterocycles. The summed E-state index contributed by atoms with van der Waals surface area (Å²) >= 11 is 0. The van der Waals surface area contributed by atoms with Crippen molar-refractivity contribution in [3.8, 4) is 0 Å². The Morgan fingerprint density at radius 2 is 1.79 bits per heavy atom. The zero-order valence-corrected chi connectivity index (χ0v) is 8.77. The maximum Gasteiger partial charge on any atom is 0.0653 e. The monoisotopic (exact) mass is 194 g/mol. The smallest absolute Gasteiger partial charge is 0.0653 e. The molecule has 0 radical (unpaired) electrons. The van der Waals surface area contributed by atoms with Crippen molar-refractivity contribution < 1.29 is 10.2 Å². The van der Waals surface area contributed by atoms with Gasteiger partial charge in [0.05, 0.1) is 12.7 Å². The largest absolute Gasteiger partial charge is 0.396 e. The molecule has 0 fully saturated rings. The number of hydrogen-bond donors (Lipinski definition) is 2. The molecule has 0 bridgehead atoms. The van der Waals surface area contributed by atoms with E-state index in [4.69, 9.17) is 5.11 Å². The van der Waals surface area contributed by atoms with E-state index >= 15 is 0 Å². The Morgan fingerprint density at radius 1 is 1.21 bits per heavy atom. The molecule has 14 heavy (non-hydrogen) atoms. The van der Waals surface area contributed by atoms with E-state index in [1.165, 1.54) is 0 Å². The van der Waals surface area contributed by atoms with E-state index in [0.717, 1.165) is 5.56 Å². The normalized spacial score (nSPS) is 14.0. The second-order valence-corrected chi connectivity index (χ2v) is 4.35. The van der Waals surface area contributed by atoms with Crippen LogP contribution in [0.4, 0.5) is 0 Å².